The molecule has 0 heterocycles. The summed E-state index contributed by atoms with van der Waals surface area (Å²) in [6, 6.07) is 8.20. The molecule has 0 saturated heterocycles. The van der Waals surface area contributed by atoms with Crippen LogP contribution in [0.25, 0.3) is 0 Å². The zero-order valence-corrected chi connectivity index (χ0v) is 11.5. The van der Waals surface area contributed by atoms with E-state index in [0.29, 0.717) is 0 Å². The molecule has 1 aromatic rings. The first-order chi connectivity index (χ1) is 5.93. The Morgan fingerprint density at radius 2 is 1.77 bits per heavy atom. The molecule has 72 valence electrons. The average molecular weight is 278 g/mol. The Kier molecular flexibility index (Phi) is 3.61. The van der Waals surface area contributed by atoms with Gasteiger partial charge in [0.2, 0.25) is 0 Å². The fourth-order valence-corrected chi connectivity index (χ4v) is 3.38. The van der Waals surface area contributed by atoms with Gasteiger partial charge in [-0.2, -0.15) is 0 Å². The molecule has 3 heteroatoms. The Morgan fingerprint density at radius 1 is 1.23 bits per heavy atom. The third-order valence-corrected chi connectivity index (χ3v) is 6.69. The summed E-state index contributed by atoms with van der Waals surface area (Å²) < 4.78 is 1.12. The number of benzene rings is 1. The molecule has 0 saturated carbocycles. The van der Waals surface area contributed by atoms with Gasteiger partial charge in [0.1, 0.15) is 0 Å². The Hall–Kier alpha value is 0.207. The second-order valence-electron chi connectivity index (χ2n) is 4.25. The third kappa shape index (κ3) is 2.83. The summed E-state index contributed by atoms with van der Waals surface area (Å²) in [5, 5.41) is 0.183. The van der Waals surface area contributed by atoms with Crippen molar-refractivity contribution in [3.8, 4) is 0 Å². The van der Waals surface area contributed by atoms with Crippen molar-refractivity contribution in [3.05, 3.63) is 34.3 Å². The summed E-state index contributed by atoms with van der Waals surface area (Å²) in [6.45, 7) is 6.85. The van der Waals surface area contributed by atoms with Gasteiger partial charge in [0, 0.05) is 4.47 Å². The van der Waals surface area contributed by atoms with Crippen molar-refractivity contribution in [2.24, 2.45) is 0 Å². The van der Waals surface area contributed by atoms with Gasteiger partial charge in [-0.3, -0.25) is 0 Å². The van der Waals surface area contributed by atoms with Crippen molar-refractivity contribution in [1.82, 2.24) is 0 Å². The van der Waals surface area contributed by atoms with E-state index in [1.165, 1.54) is 5.56 Å². The van der Waals surface area contributed by atoms with E-state index < -0.39 is 8.07 Å². The minimum absolute atomic E-state index is 0.183. The van der Waals surface area contributed by atoms with Crippen LogP contribution in [0.3, 0.4) is 0 Å². The molecule has 0 aliphatic heterocycles. The molecule has 0 aromatic heterocycles. The zero-order valence-electron chi connectivity index (χ0n) is 8.14. The average Bonchev–Trinajstić information content (AvgIpc) is 2.02. The van der Waals surface area contributed by atoms with Gasteiger partial charge in [0.25, 0.3) is 0 Å². The molecule has 1 rings (SSSR count). The van der Waals surface area contributed by atoms with Crippen LogP contribution in [0.15, 0.2) is 28.7 Å². The topological polar surface area (TPSA) is 0 Å². The van der Waals surface area contributed by atoms with Gasteiger partial charge in [-0.25, -0.2) is 0 Å². The number of halogens is 2. The summed E-state index contributed by atoms with van der Waals surface area (Å²) in [5.74, 6) is 0. The highest BCUT2D eigenvalue weighted by Gasteiger charge is 2.27. The van der Waals surface area contributed by atoms with Crippen molar-refractivity contribution >= 4 is 35.6 Å². The van der Waals surface area contributed by atoms with E-state index >= 15 is 0 Å². The monoisotopic (exact) mass is 276 g/mol. The molecule has 0 aliphatic rings. The van der Waals surface area contributed by atoms with E-state index in [-0.39, 0.29) is 5.00 Å². The Bertz CT molecular complexity index is 293. The normalized spacial score (nSPS) is 14.2. The van der Waals surface area contributed by atoms with Gasteiger partial charge in [0.05, 0.1) is 13.1 Å². The third-order valence-electron chi connectivity index (χ3n) is 1.94. The van der Waals surface area contributed by atoms with E-state index in [0.717, 1.165) is 4.47 Å². The van der Waals surface area contributed by atoms with Gasteiger partial charge in [-0.1, -0.05) is 53.8 Å². The fraction of sp³-hybridized carbons (Fsp3) is 0.400. The quantitative estimate of drug-likeness (QED) is 0.547. The minimum atomic E-state index is -1.30. The van der Waals surface area contributed by atoms with Crippen molar-refractivity contribution < 1.29 is 0 Å². The van der Waals surface area contributed by atoms with Crippen molar-refractivity contribution in [3.63, 3.8) is 0 Å². The molecule has 0 nitrogen and oxygen atoms in total. The van der Waals surface area contributed by atoms with Crippen LogP contribution in [0.5, 0.6) is 0 Å². The van der Waals surface area contributed by atoms with Gasteiger partial charge in [0.15, 0.2) is 0 Å². The lowest BCUT2D eigenvalue weighted by molar-refractivity contribution is 1.24. The lowest BCUT2D eigenvalue weighted by atomic mass is 10.2. The van der Waals surface area contributed by atoms with E-state index in [1.54, 1.807) is 0 Å². The highest BCUT2D eigenvalue weighted by Crippen LogP contribution is 2.34. The molecule has 0 radical (unpaired) electrons. The van der Waals surface area contributed by atoms with E-state index in [2.05, 4.69) is 41.6 Å². The second kappa shape index (κ2) is 4.16. The van der Waals surface area contributed by atoms with Crippen LogP contribution in [-0.2, 0) is 0 Å². The van der Waals surface area contributed by atoms with Crippen LogP contribution in [0.4, 0.5) is 0 Å². The molecule has 0 fully saturated rings. The molecule has 0 spiro atoms. The van der Waals surface area contributed by atoms with Crippen molar-refractivity contribution in [2.75, 3.05) is 0 Å². The smallest absolute Gasteiger partial charge is 0.0705 e. The van der Waals surface area contributed by atoms with Gasteiger partial charge in [-0.15, -0.1) is 11.6 Å². The standard InChI is InChI=1S/C10H14BrClSi/c1-13(2,3)10(12)8-6-4-5-7-9(8)11/h4-7,10H,1-3H3. The first-order valence-electron chi connectivity index (χ1n) is 4.31. The lowest BCUT2D eigenvalue weighted by Gasteiger charge is -2.24. The summed E-state index contributed by atoms with van der Waals surface area (Å²) >= 11 is 9.95. The molecular formula is C10H14BrClSi. The highest BCUT2D eigenvalue weighted by atomic mass is 79.9. The van der Waals surface area contributed by atoms with Gasteiger partial charge in [-0.05, 0) is 11.6 Å². The van der Waals surface area contributed by atoms with Crippen LogP contribution >= 0.6 is 27.5 Å². The maximum absolute atomic E-state index is 6.42. The van der Waals surface area contributed by atoms with Crippen molar-refractivity contribution in [2.45, 2.75) is 24.6 Å². The molecule has 0 N–H and O–H groups in total. The van der Waals surface area contributed by atoms with E-state index in [4.69, 9.17) is 11.6 Å². The van der Waals surface area contributed by atoms with Gasteiger partial charge >= 0.3 is 0 Å². The fourth-order valence-electron chi connectivity index (χ4n) is 1.15. The van der Waals surface area contributed by atoms with E-state index in [1.807, 2.05) is 18.2 Å². The van der Waals surface area contributed by atoms with Crippen molar-refractivity contribution in [1.29, 1.82) is 0 Å². The summed E-state index contributed by atoms with van der Waals surface area (Å²) in [4.78, 5) is 0. The molecule has 0 bridgehead atoms. The predicted octanol–water partition coefficient (Wildman–Crippen LogP) is 4.61. The number of alkyl halides is 1. The minimum Gasteiger partial charge on any atom is -0.121 e. The number of rotatable bonds is 2. The zero-order chi connectivity index (χ0) is 10.1. The number of hydrogen-bond donors (Lipinski definition) is 0. The number of hydrogen-bond acceptors (Lipinski definition) is 0. The molecule has 1 unspecified atom stereocenters. The molecule has 0 aliphatic carbocycles. The molecule has 1 atom stereocenters. The molecule has 1 aromatic carbocycles. The summed E-state index contributed by atoms with van der Waals surface area (Å²) in [7, 11) is -1.30. The Labute approximate surface area is 94.4 Å². The predicted molar refractivity (Wildman–Crippen MR) is 66.1 cm³/mol. The Morgan fingerprint density at radius 3 is 2.23 bits per heavy atom. The maximum Gasteiger partial charge on any atom is 0.0705 e. The first-order valence-corrected chi connectivity index (χ1v) is 9.12. The van der Waals surface area contributed by atoms with E-state index in [9.17, 15) is 0 Å². The summed E-state index contributed by atoms with van der Waals surface area (Å²) in [6.07, 6.45) is 0. The van der Waals surface area contributed by atoms with Crippen LogP contribution in [-0.4, -0.2) is 8.07 Å². The first kappa shape index (κ1) is 11.3. The van der Waals surface area contributed by atoms with Crippen LogP contribution in [0.1, 0.15) is 10.6 Å². The molecule has 13 heavy (non-hydrogen) atoms. The van der Waals surface area contributed by atoms with Crippen LogP contribution in [0.2, 0.25) is 19.6 Å². The van der Waals surface area contributed by atoms with Crippen LogP contribution < -0.4 is 0 Å². The Balaban J connectivity index is 3.02. The SMILES string of the molecule is C[Si](C)(C)C(Cl)c1ccccc1Br. The maximum atomic E-state index is 6.42. The lowest BCUT2D eigenvalue weighted by Crippen LogP contribution is -2.27. The molecular weight excluding hydrogens is 264 g/mol. The highest BCUT2D eigenvalue weighted by molar-refractivity contribution is 9.10. The van der Waals surface area contributed by atoms with Gasteiger partial charge < -0.3 is 0 Å². The van der Waals surface area contributed by atoms with Crippen LogP contribution in [0, 0.1) is 0 Å². The molecule has 0 amide bonds. The summed E-state index contributed by atoms with van der Waals surface area (Å²) in [5.41, 5.74) is 1.23. The second-order valence-corrected chi connectivity index (χ2v) is 11.2. The largest absolute Gasteiger partial charge is 0.121 e.